The molecule has 2 amide bonds. The molecule has 9 heteroatoms. The third-order valence-corrected chi connectivity index (χ3v) is 7.55. The molecule has 1 aromatic rings. The molecule has 0 N–H and O–H groups in total. The summed E-state index contributed by atoms with van der Waals surface area (Å²) in [6.45, 7) is 6.31. The average molecular weight is 473 g/mol. The van der Waals surface area contributed by atoms with Gasteiger partial charge >= 0.3 is 0 Å². The number of carbonyl (C=O) groups is 2. The highest BCUT2D eigenvalue weighted by atomic mass is 32.2. The van der Waals surface area contributed by atoms with Crippen LogP contribution in [0.25, 0.3) is 6.08 Å². The third-order valence-electron chi connectivity index (χ3n) is 5.80. The van der Waals surface area contributed by atoms with Gasteiger partial charge in [0, 0.05) is 5.57 Å². The summed E-state index contributed by atoms with van der Waals surface area (Å²) in [5.41, 5.74) is 0.897. The summed E-state index contributed by atoms with van der Waals surface area (Å²) in [7, 11) is -1.81. The molecule has 1 atom stereocenters. The Morgan fingerprint density at radius 3 is 2.55 bits per heavy atom. The fourth-order valence-electron chi connectivity index (χ4n) is 3.87. The van der Waals surface area contributed by atoms with Crippen molar-refractivity contribution in [2.75, 3.05) is 25.2 Å². The van der Waals surface area contributed by atoms with E-state index in [1.807, 2.05) is 6.07 Å². The lowest BCUT2D eigenvalue weighted by molar-refractivity contribution is -0.142. The van der Waals surface area contributed by atoms with E-state index >= 15 is 0 Å². The number of hydrogen-bond acceptors (Lipinski definition) is 7. The van der Waals surface area contributed by atoms with Crippen LogP contribution in [-0.2, 0) is 19.4 Å². The largest absolute Gasteiger partial charge is 0.493 e. The first-order valence-corrected chi connectivity index (χ1v) is 12.6. The fraction of sp³-hybridized carbons (Fsp3) is 0.458. The lowest BCUT2D eigenvalue weighted by atomic mass is 9.92. The van der Waals surface area contributed by atoms with Crippen molar-refractivity contribution in [2.45, 2.75) is 39.7 Å². The highest BCUT2D eigenvalue weighted by molar-refractivity contribution is 7.91. The predicted molar refractivity (Wildman–Crippen MR) is 123 cm³/mol. The van der Waals surface area contributed by atoms with Crippen LogP contribution in [0.3, 0.4) is 0 Å². The molecule has 0 saturated carbocycles. The third kappa shape index (κ3) is 5.28. The minimum absolute atomic E-state index is 0.0895. The smallest absolute Gasteiger partial charge is 0.271 e. The molecule has 8 nitrogen and oxygen atoms in total. The maximum Gasteiger partial charge on any atom is 0.271 e. The molecule has 1 unspecified atom stereocenters. The Labute approximate surface area is 194 Å². The summed E-state index contributed by atoms with van der Waals surface area (Å²) >= 11 is 0. The number of rotatable bonds is 7. The molecule has 2 aliphatic heterocycles. The second-order valence-corrected chi connectivity index (χ2v) is 10.9. The van der Waals surface area contributed by atoms with E-state index in [1.54, 1.807) is 31.2 Å². The normalized spacial score (nSPS) is 21.6. The van der Waals surface area contributed by atoms with Crippen LogP contribution in [0.5, 0.6) is 11.5 Å². The van der Waals surface area contributed by atoms with Crippen molar-refractivity contribution in [1.82, 2.24) is 4.90 Å². The monoisotopic (exact) mass is 472 g/mol. The minimum atomic E-state index is -3.33. The second kappa shape index (κ2) is 9.79. The van der Waals surface area contributed by atoms with Crippen molar-refractivity contribution < 1.29 is 27.5 Å². The SMILES string of the molecule is COc1cc(/C=C2/C(=O)N(C3CCS(=O)(=O)C3)C(=O)C(C#N)=C2C)ccc1OCCC(C)C. The molecule has 2 heterocycles. The molecule has 176 valence electrons. The first-order valence-electron chi connectivity index (χ1n) is 10.8. The highest BCUT2D eigenvalue weighted by Gasteiger charge is 2.43. The molecule has 33 heavy (non-hydrogen) atoms. The Bertz CT molecular complexity index is 1170. The van der Waals surface area contributed by atoms with Gasteiger partial charge < -0.3 is 9.47 Å². The molecule has 1 saturated heterocycles. The Kier molecular flexibility index (Phi) is 7.28. The lowest BCUT2D eigenvalue weighted by Gasteiger charge is -2.31. The van der Waals surface area contributed by atoms with Crippen LogP contribution in [0, 0.1) is 17.2 Å². The van der Waals surface area contributed by atoms with Crippen LogP contribution in [0.4, 0.5) is 0 Å². The van der Waals surface area contributed by atoms with Gasteiger partial charge in [0.2, 0.25) is 0 Å². The molecule has 1 fully saturated rings. The Morgan fingerprint density at radius 1 is 1.24 bits per heavy atom. The number of ether oxygens (including phenoxy) is 2. The van der Waals surface area contributed by atoms with Crippen LogP contribution in [0.15, 0.2) is 34.9 Å². The zero-order valence-corrected chi connectivity index (χ0v) is 20.1. The molecule has 0 radical (unpaired) electrons. The van der Waals surface area contributed by atoms with Crippen molar-refractivity contribution in [3.63, 3.8) is 0 Å². The van der Waals surface area contributed by atoms with Crippen molar-refractivity contribution in [3.8, 4) is 17.6 Å². The summed E-state index contributed by atoms with van der Waals surface area (Å²) in [6.07, 6.45) is 2.64. The van der Waals surface area contributed by atoms with Crippen molar-refractivity contribution in [3.05, 3.63) is 40.5 Å². The maximum atomic E-state index is 13.3. The summed E-state index contributed by atoms with van der Waals surface area (Å²) in [5.74, 6) is -0.149. The van der Waals surface area contributed by atoms with E-state index in [0.717, 1.165) is 11.3 Å². The molecular weight excluding hydrogens is 444 g/mol. The van der Waals surface area contributed by atoms with E-state index < -0.39 is 27.7 Å². The molecular formula is C24H28N2O6S. The molecule has 1 aromatic carbocycles. The molecule has 2 aliphatic rings. The van der Waals surface area contributed by atoms with Crippen LogP contribution in [0.1, 0.15) is 39.2 Å². The molecule has 0 aliphatic carbocycles. The van der Waals surface area contributed by atoms with E-state index in [0.29, 0.717) is 29.6 Å². The maximum absolute atomic E-state index is 13.3. The Morgan fingerprint density at radius 2 is 1.97 bits per heavy atom. The summed E-state index contributed by atoms with van der Waals surface area (Å²) in [4.78, 5) is 27.0. The van der Waals surface area contributed by atoms with E-state index in [-0.39, 0.29) is 34.6 Å². The van der Waals surface area contributed by atoms with Crippen molar-refractivity contribution in [2.24, 2.45) is 5.92 Å². The van der Waals surface area contributed by atoms with Crippen LogP contribution in [0.2, 0.25) is 0 Å². The topological polar surface area (TPSA) is 114 Å². The minimum Gasteiger partial charge on any atom is -0.493 e. The number of benzene rings is 1. The van der Waals surface area contributed by atoms with Crippen LogP contribution in [-0.4, -0.2) is 56.4 Å². The molecule has 0 bridgehead atoms. The van der Waals surface area contributed by atoms with Gasteiger partial charge in [0.05, 0.1) is 31.3 Å². The quantitative estimate of drug-likeness (QED) is 0.443. The van der Waals surface area contributed by atoms with E-state index in [2.05, 4.69) is 13.8 Å². The number of methoxy groups -OCH3 is 1. The van der Waals surface area contributed by atoms with Gasteiger partial charge in [-0.15, -0.1) is 0 Å². The first-order chi connectivity index (χ1) is 15.6. The zero-order chi connectivity index (χ0) is 24.3. The first kappa shape index (κ1) is 24.5. The van der Waals surface area contributed by atoms with Crippen molar-refractivity contribution >= 4 is 27.7 Å². The Hall–Kier alpha value is -3.12. The fourth-order valence-corrected chi connectivity index (χ4v) is 5.57. The second-order valence-electron chi connectivity index (χ2n) is 8.65. The zero-order valence-electron chi connectivity index (χ0n) is 19.3. The van der Waals surface area contributed by atoms with Gasteiger partial charge in [0.1, 0.15) is 11.6 Å². The predicted octanol–water partition coefficient (Wildman–Crippen LogP) is 2.90. The van der Waals surface area contributed by atoms with Crippen LogP contribution >= 0.6 is 0 Å². The number of carbonyl (C=O) groups excluding carboxylic acids is 2. The highest BCUT2D eigenvalue weighted by Crippen LogP contribution is 2.33. The number of nitrogens with zero attached hydrogens (tertiary/aromatic N) is 2. The summed E-state index contributed by atoms with van der Waals surface area (Å²) in [6, 6.07) is 6.32. The Balaban J connectivity index is 1.97. The number of amides is 2. The van der Waals surface area contributed by atoms with Crippen molar-refractivity contribution in [1.29, 1.82) is 5.26 Å². The summed E-state index contributed by atoms with van der Waals surface area (Å²) in [5, 5.41) is 9.56. The number of nitriles is 1. The van der Waals surface area contributed by atoms with Gasteiger partial charge in [-0.1, -0.05) is 19.9 Å². The number of sulfone groups is 1. The van der Waals surface area contributed by atoms with Gasteiger partial charge in [-0.05, 0) is 55.0 Å². The van der Waals surface area contributed by atoms with E-state index in [1.165, 1.54) is 7.11 Å². The van der Waals surface area contributed by atoms with Gasteiger partial charge in [0.25, 0.3) is 11.8 Å². The lowest BCUT2D eigenvalue weighted by Crippen LogP contribution is -2.49. The molecule has 0 aromatic heterocycles. The van der Waals surface area contributed by atoms with Gasteiger partial charge in [-0.2, -0.15) is 5.26 Å². The average Bonchev–Trinajstić information content (AvgIpc) is 3.11. The number of imide groups is 1. The van der Waals surface area contributed by atoms with Crippen LogP contribution < -0.4 is 9.47 Å². The van der Waals surface area contributed by atoms with E-state index in [9.17, 15) is 23.3 Å². The van der Waals surface area contributed by atoms with Gasteiger partial charge in [0.15, 0.2) is 21.3 Å². The standard InChI is InChI=1S/C24H28N2O6S/c1-15(2)7-9-32-21-6-5-17(12-22(21)31-4)11-19-16(3)20(13-25)24(28)26(23(19)27)18-8-10-33(29,30)14-18/h5-6,11-12,15,18H,7-10,14H2,1-4H3/b19-11+. The molecule has 3 rings (SSSR count). The summed E-state index contributed by atoms with van der Waals surface area (Å²) < 4.78 is 35.1. The van der Waals surface area contributed by atoms with Gasteiger partial charge in [-0.3, -0.25) is 14.5 Å². The van der Waals surface area contributed by atoms with E-state index in [4.69, 9.17) is 9.47 Å². The van der Waals surface area contributed by atoms with Gasteiger partial charge in [-0.25, -0.2) is 8.42 Å². The number of hydrogen-bond donors (Lipinski definition) is 0. The molecule has 0 spiro atoms.